The summed E-state index contributed by atoms with van der Waals surface area (Å²) in [6, 6.07) is 6.35. The summed E-state index contributed by atoms with van der Waals surface area (Å²) in [5, 5.41) is 2.75. The first-order valence-electron chi connectivity index (χ1n) is 5.95. The van der Waals surface area contributed by atoms with E-state index in [1.54, 1.807) is 18.2 Å². The molecule has 0 fully saturated rings. The number of carbonyl (C=O) groups is 1. The average Bonchev–Trinajstić information content (AvgIpc) is 2.33. The molecule has 0 heterocycles. The molecule has 1 N–H and O–H groups in total. The zero-order chi connectivity index (χ0) is 13.4. The molecule has 0 saturated heterocycles. The van der Waals surface area contributed by atoms with Gasteiger partial charge < -0.3 is 10.2 Å². The molecule has 0 atom stereocenters. The predicted octanol–water partition coefficient (Wildman–Crippen LogP) is 1.91. The second-order valence-corrected chi connectivity index (χ2v) is 4.30. The first kappa shape index (κ1) is 14.4. The van der Waals surface area contributed by atoms with Gasteiger partial charge in [0.15, 0.2) is 0 Å². The molecule has 4 heteroatoms. The summed E-state index contributed by atoms with van der Waals surface area (Å²) >= 11 is 0. The van der Waals surface area contributed by atoms with Gasteiger partial charge >= 0.3 is 0 Å². The van der Waals surface area contributed by atoms with Crippen LogP contribution in [0.2, 0.25) is 0 Å². The molecule has 1 aromatic rings. The Balaban J connectivity index is 2.34. The number of halogens is 1. The van der Waals surface area contributed by atoms with E-state index < -0.39 is 0 Å². The first-order chi connectivity index (χ1) is 8.59. The molecule has 1 aromatic carbocycles. The van der Waals surface area contributed by atoms with E-state index in [1.165, 1.54) is 18.2 Å². The predicted molar refractivity (Wildman–Crippen MR) is 71.6 cm³/mol. The maximum atomic E-state index is 13.2. The van der Waals surface area contributed by atoms with Gasteiger partial charge in [0.2, 0.25) is 5.91 Å². The van der Waals surface area contributed by atoms with Gasteiger partial charge in [-0.15, -0.1) is 0 Å². The molecule has 0 unspecified atom stereocenters. The van der Waals surface area contributed by atoms with Gasteiger partial charge in [0.25, 0.3) is 0 Å². The molecule has 98 valence electrons. The van der Waals surface area contributed by atoms with E-state index in [0.29, 0.717) is 12.1 Å². The van der Waals surface area contributed by atoms with E-state index >= 15 is 0 Å². The van der Waals surface area contributed by atoms with Crippen molar-refractivity contribution in [2.45, 2.75) is 6.42 Å². The fourth-order valence-electron chi connectivity index (χ4n) is 1.44. The van der Waals surface area contributed by atoms with Crippen molar-refractivity contribution >= 4 is 12.0 Å². The Bertz CT molecular complexity index is 416. The highest BCUT2D eigenvalue weighted by molar-refractivity contribution is 5.91. The Kier molecular flexibility index (Phi) is 6.08. The molecule has 0 saturated carbocycles. The monoisotopic (exact) mass is 250 g/mol. The molecule has 0 radical (unpaired) electrons. The molecule has 0 aromatic heterocycles. The highest BCUT2D eigenvalue weighted by Crippen LogP contribution is 2.07. The van der Waals surface area contributed by atoms with Gasteiger partial charge in [0, 0.05) is 18.2 Å². The van der Waals surface area contributed by atoms with Crippen LogP contribution in [-0.2, 0) is 4.79 Å². The first-order valence-corrected chi connectivity index (χ1v) is 5.95. The SMILES string of the molecule is CN(C)CCCNC(=O)/C=C/c1ccccc1F. The molecule has 1 amide bonds. The second kappa shape index (κ2) is 7.61. The zero-order valence-corrected chi connectivity index (χ0v) is 10.8. The molecule has 0 aliphatic carbocycles. The van der Waals surface area contributed by atoms with E-state index in [9.17, 15) is 9.18 Å². The number of hydrogen-bond donors (Lipinski definition) is 1. The van der Waals surface area contributed by atoms with Crippen LogP contribution in [0.15, 0.2) is 30.3 Å². The Labute approximate surface area is 107 Å². The van der Waals surface area contributed by atoms with Crippen molar-refractivity contribution in [3.63, 3.8) is 0 Å². The van der Waals surface area contributed by atoms with Gasteiger partial charge in [-0.3, -0.25) is 4.79 Å². The van der Waals surface area contributed by atoms with E-state index in [2.05, 4.69) is 10.2 Å². The largest absolute Gasteiger partial charge is 0.353 e. The topological polar surface area (TPSA) is 32.3 Å². The van der Waals surface area contributed by atoms with Crippen molar-refractivity contribution in [2.24, 2.45) is 0 Å². The molecule has 0 aliphatic heterocycles. The van der Waals surface area contributed by atoms with Crippen molar-refractivity contribution in [2.75, 3.05) is 27.2 Å². The van der Waals surface area contributed by atoms with Crippen LogP contribution in [-0.4, -0.2) is 38.0 Å². The number of rotatable bonds is 6. The van der Waals surface area contributed by atoms with Crippen molar-refractivity contribution < 1.29 is 9.18 Å². The van der Waals surface area contributed by atoms with Gasteiger partial charge in [0.05, 0.1) is 0 Å². The Morgan fingerprint density at radius 1 is 1.39 bits per heavy atom. The van der Waals surface area contributed by atoms with Crippen LogP contribution < -0.4 is 5.32 Å². The molecule has 3 nitrogen and oxygen atoms in total. The van der Waals surface area contributed by atoms with Crippen molar-refractivity contribution in [1.82, 2.24) is 10.2 Å². The number of carbonyl (C=O) groups excluding carboxylic acids is 1. The minimum Gasteiger partial charge on any atom is -0.353 e. The van der Waals surface area contributed by atoms with E-state index in [1.807, 2.05) is 14.1 Å². The minimum absolute atomic E-state index is 0.197. The third-order valence-corrected chi connectivity index (χ3v) is 2.40. The third-order valence-electron chi connectivity index (χ3n) is 2.40. The van der Waals surface area contributed by atoms with E-state index in [0.717, 1.165) is 13.0 Å². The van der Waals surface area contributed by atoms with Crippen LogP contribution in [0.1, 0.15) is 12.0 Å². The van der Waals surface area contributed by atoms with Crippen molar-refractivity contribution in [3.05, 3.63) is 41.7 Å². The number of hydrogen-bond acceptors (Lipinski definition) is 2. The summed E-state index contributed by atoms with van der Waals surface area (Å²) < 4.78 is 13.2. The van der Waals surface area contributed by atoms with Gasteiger partial charge in [-0.2, -0.15) is 0 Å². The lowest BCUT2D eigenvalue weighted by molar-refractivity contribution is -0.116. The number of nitrogens with one attached hydrogen (secondary N) is 1. The summed E-state index contributed by atoms with van der Waals surface area (Å²) in [6.45, 7) is 1.55. The summed E-state index contributed by atoms with van der Waals surface area (Å²) in [5.41, 5.74) is 0.418. The summed E-state index contributed by atoms with van der Waals surface area (Å²) in [6.07, 6.45) is 3.73. The molecule has 0 bridgehead atoms. The normalized spacial score (nSPS) is 11.1. The smallest absolute Gasteiger partial charge is 0.244 e. The quantitative estimate of drug-likeness (QED) is 0.618. The van der Waals surface area contributed by atoms with Gasteiger partial charge in [-0.25, -0.2) is 4.39 Å². The van der Waals surface area contributed by atoms with Crippen LogP contribution in [0, 0.1) is 5.82 Å². The highest BCUT2D eigenvalue weighted by Gasteiger charge is 1.98. The Morgan fingerprint density at radius 3 is 2.78 bits per heavy atom. The molecule has 18 heavy (non-hydrogen) atoms. The lowest BCUT2D eigenvalue weighted by Gasteiger charge is -2.08. The summed E-state index contributed by atoms with van der Waals surface area (Å²) in [7, 11) is 3.97. The molecule has 0 aliphatic rings. The van der Waals surface area contributed by atoms with Crippen LogP contribution in [0.5, 0.6) is 0 Å². The molecular weight excluding hydrogens is 231 g/mol. The fraction of sp³-hybridized carbons (Fsp3) is 0.357. The lowest BCUT2D eigenvalue weighted by atomic mass is 10.2. The van der Waals surface area contributed by atoms with Crippen LogP contribution >= 0.6 is 0 Å². The van der Waals surface area contributed by atoms with E-state index in [-0.39, 0.29) is 11.7 Å². The summed E-state index contributed by atoms with van der Waals surface area (Å²) in [5.74, 6) is -0.522. The Morgan fingerprint density at radius 2 is 2.11 bits per heavy atom. The maximum absolute atomic E-state index is 13.2. The van der Waals surface area contributed by atoms with Crippen molar-refractivity contribution in [1.29, 1.82) is 0 Å². The zero-order valence-electron chi connectivity index (χ0n) is 10.8. The van der Waals surface area contributed by atoms with Gasteiger partial charge in [-0.05, 0) is 39.2 Å². The van der Waals surface area contributed by atoms with Crippen molar-refractivity contribution in [3.8, 4) is 0 Å². The lowest BCUT2D eigenvalue weighted by Crippen LogP contribution is -2.25. The molecular formula is C14H19FN2O. The number of benzene rings is 1. The molecule has 1 rings (SSSR count). The minimum atomic E-state index is -0.325. The average molecular weight is 250 g/mol. The standard InChI is InChI=1S/C14H19FN2O/c1-17(2)11-5-10-16-14(18)9-8-12-6-3-4-7-13(12)15/h3-4,6-9H,5,10-11H2,1-2H3,(H,16,18)/b9-8+. The van der Waals surface area contributed by atoms with E-state index in [4.69, 9.17) is 0 Å². The van der Waals surface area contributed by atoms with Crippen LogP contribution in [0.3, 0.4) is 0 Å². The number of amides is 1. The maximum Gasteiger partial charge on any atom is 0.244 e. The molecule has 0 spiro atoms. The third kappa shape index (κ3) is 5.59. The highest BCUT2D eigenvalue weighted by atomic mass is 19.1. The second-order valence-electron chi connectivity index (χ2n) is 4.30. The van der Waals surface area contributed by atoms with Gasteiger partial charge in [0.1, 0.15) is 5.82 Å². The fourth-order valence-corrected chi connectivity index (χ4v) is 1.44. The van der Waals surface area contributed by atoms with Gasteiger partial charge in [-0.1, -0.05) is 18.2 Å². The Hall–Kier alpha value is -1.68. The van der Waals surface area contributed by atoms with Crippen LogP contribution in [0.25, 0.3) is 6.08 Å². The summed E-state index contributed by atoms with van der Waals surface area (Å²) in [4.78, 5) is 13.5. The van der Waals surface area contributed by atoms with Crippen LogP contribution in [0.4, 0.5) is 4.39 Å². The number of nitrogens with zero attached hydrogens (tertiary/aromatic N) is 1.